The summed E-state index contributed by atoms with van der Waals surface area (Å²) in [5, 5.41) is 4.30. The largest absolute Gasteiger partial charge is 0.349 e. The Morgan fingerprint density at radius 3 is 2.88 bits per heavy atom. The molecular formula is C19H22N6O. The van der Waals surface area contributed by atoms with Gasteiger partial charge >= 0.3 is 0 Å². The second-order valence-electron chi connectivity index (χ2n) is 6.64. The molecule has 3 aromatic rings. The number of nitrogens with zero attached hydrogens (tertiary/aromatic N) is 5. The van der Waals surface area contributed by atoms with Crippen LogP contribution < -0.4 is 10.5 Å². The number of hydrogen-bond acceptors (Lipinski definition) is 5. The van der Waals surface area contributed by atoms with E-state index >= 15 is 0 Å². The molecule has 4 rings (SSSR count). The molecule has 0 radical (unpaired) electrons. The van der Waals surface area contributed by atoms with Crippen LogP contribution in [0.4, 0.5) is 5.82 Å². The van der Waals surface area contributed by atoms with Gasteiger partial charge in [-0.1, -0.05) is 6.92 Å². The van der Waals surface area contributed by atoms with Gasteiger partial charge in [0.05, 0.1) is 12.2 Å². The van der Waals surface area contributed by atoms with Crippen molar-refractivity contribution in [3.63, 3.8) is 0 Å². The van der Waals surface area contributed by atoms with Crippen LogP contribution in [0.15, 0.2) is 41.6 Å². The summed E-state index contributed by atoms with van der Waals surface area (Å²) in [5.41, 5.74) is 2.69. The Balaban J connectivity index is 1.61. The summed E-state index contributed by atoms with van der Waals surface area (Å²) in [6.07, 6.45) is 8.75. The monoisotopic (exact) mass is 350 g/mol. The van der Waals surface area contributed by atoms with Crippen molar-refractivity contribution in [2.24, 2.45) is 7.05 Å². The van der Waals surface area contributed by atoms with E-state index in [1.54, 1.807) is 6.20 Å². The van der Waals surface area contributed by atoms with Gasteiger partial charge < -0.3 is 9.88 Å². The van der Waals surface area contributed by atoms with Crippen molar-refractivity contribution in [3.05, 3.63) is 58.4 Å². The molecule has 1 atom stereocenters. The zero-order chi connectivity index (χ0) is 18.1. The number of aromatic nitrogens is 5. The predicted octanol–water partition coefficient (Wildman–Crippen LogP) is 2.47. The number of rotatable bonds is 4. The summed E-state index contributed by atoms with van der Waals surface area (Å²) in [6.45, 7) is 2.96. The van der Waals surface area contributed by atoms with Crippen molar-refractivity contribution in [2.75, 3.05) is 11.4 Å². The van der Waals surface area contributed by atoms with Gasteiger partial charge in [-0.05, 0) is 31.4 Å². The number of nitrogens with one attached hydrogen (secondary N) is 1. The highest BCUT2D eigenvalue weighted by Crippen LogP contribution is 2.35. The number of aromatic amines is 1. The molecule has 0 saturated carbocycles. The SMILES string of the molecule is CCc1cc(=O)[nH]c(-c2ccc(N3CCCC3c3cnn(C)c3)nc2)n1. The molecule has 26 heavy (non-hydrogen) atoms. The smallest absolute Gasteiger partial charge is 0.251 e. The van der Waals surface area contributed by atoms with E-state index in [4.69, 9.17) is 0 Å². The van der Waals surface area contributed by atoms with Crippen LogP contribution in [0.5, 0.6) is 0 Å². The Labute approximate surface area is 151 Å². The Kier molecular flexibility index (Phi) is 4.28. The lowest BCUT2D eigenvalue weighted by molar-refractivity contribution is 0.708. The number of aryl methyl sites for hydroxylation is 2. The molecule has 0 aliphatic carbocycles. The third kappa shape index (κ3) is 3.12. The van der Waals surface area contributed by atoms with Gasteiger partial charge in [0, 0.05) is 48.9 Å². The summed E-state index contributed by atoms with van der Waals surface area (Å²) < 4.78 is 1.84. The Bertz CT molecular complexity index is 959. The van der Waals surface area contributed by atoms with Crippen LogP contribution in [-0.2, 0) is 13.5 Å². The minimum absolute atomic E-state index is 0.132. The lowest BCUT2D eigenvalue weighted by Gasteiger charge is -2.25. The first kappa shape index (κ1) is 16.5. The molecule has 1 N–H and O–H groups in total. The molecule has 1 aliphatic heterocycles. The van der Waals surface area contributed by atoms with Crippen LogP contribution in [0.1, 0.15) is 37.1 Å². The van der Waals surface area contributed by atoms with Gasteiger partial charge in [-0.2, -0.15) is 5.10 Å². The molecule has 0 bridgehead atoms. The summed E-state index contributed by atoms with van der Waals surface area (Å²) in [7, 11) is 1.94. The molecule has 4 heterocycles. The van der Waals surface area contributed by atoms with E-state index in [1.165, 1.54) is 11.6 Å². The minimum Gasteiger partial charge on any atom is -0.349 e. The van der Waals surface area contributed by atoms with Crippen molar-refractivity contribution in [1.29, 1.82) is 0 Å². The van der Waals surface area contributed by atoms with Crippen molar-refractivity contribution in [1.82, 2.24) is 24.7 Å². The van der Waals surface area contributed by atoms with E-state index < -0.39 is 0 Å². The second kappa shape index (κ2) is 6.74. The van der Waals surface area contributed by atoms with E-state index in [2.05, 4.69) is 31.1 Å². The van der Waals surface area contributed by atoms with Gasteiger partial charge in [-0.25, -0.2) is 9.97 Å². The van der Waals surface area contributed by atoms with Crippen LogP contribution >= 0.6 is 0 Å². The van der Waals surface area contributed by atoms with Gasteiger partial charge in [-0.15, -0.1) is 0 Å². The van der Waals surface area contributed by atoms with Crippen LogP contribution in [0.2, 0.25) is 0 Å². The van der Waals surface area contributed by atoms with E-state index in [9.17, 15) is 4.79 Å². The summed E-state index contributed by atoms with van der Waals surface area (Å²) in [4.78, 5) is 26.0. The molecule has 1 aliphatic rings. The van der Waals surface area contributed by atoms with E-state index in [1.807, 2.05) is 37.0 Å². The van der Waals surface area contributed by atoms with Crippen molar-refractivity contribution in [2.45, 2.75) is 32.2 Å². The second-order valence-corrected chi connectivity index (χ2v) is 6.64. The molecule has 0 spiro atoms. The van der Waals surface area contributed by atoms with Gasteiger partial charge in [-0.3, -0.25) is 9.48 Å². The van der Waals surface area contributed by atoms with Crippen LogP contribution in [-0.4, -0.2) is 31.3 Å². The summed E-state index contributed by atoms with van der Waals surface area (Å²) in [5.74, 6) is 1.51. The highest BCUT2D eigenvalue weighted by atomic mass is 16.1. The lowest BCUT2D eigenvalue weighted by atomic mass is 10.1. The topological polar surface area (TPSA) is 79.7 Å². The van der Waals surface area contributed by atoms with Crippen LogP contribution in [0.3, 0.4) is 0 Å². The third-order valence-corrected chi connectivity index (χ3v) is 4.83. The fourth-order valence-corrected chi connectivity index (χ4v) is 3.52. The number of hydrogen-bond donors (Lipinski definition) is 1. The zero-order valence-corrected chi connectivity index (χ0v) is 15.0. The zero-order valence-electron chi connectivity index (χ0n) is 15.0. The molecule has 0 aromatic carbocycles. The summed E-state index contributed by atoms with van der Waals surface area (Å²) in [6, 6.07) is 5.82. The molecule has 3 aromatic heterocycles. The molecular weight excluding hydrogens is 328 g/mol. The number of anilines is 1. The highest BCUT2D eigenvalue weighted by Gasteiger charge is 2.28. The predicted molar refractivity (Wildman–Crippen MR) is 100.0 cm³/mol. The van der Waals surface area contributed by atoms with Crippen LogP contribution in [0.25, 0.3) is 11.4 Å². The fraction of sp³-hybridized carbons (Fsp3) is 0.368. The summed E-state index contributed by atoms with van der Waals surface area (Å²) >= 11 is 0. The maximum atomic E-state index is 11.8. The highest BCUT2D eigenvalue weighted by molar-refractivity contribution is 5.57. The molecule has 0 amide bonds. The normalized spacial score (nSPS) is 17.0. The van der Waals surface area contributed by atoms with Gasteiger partial charge in [0.25, 0.3) is 5.56 Å². The Morgan fingerprint density at radius 2 is 2.19 bits per heavy atom. The third-order valence-electron chi connectivity index (χ3n) is 4.83. The lowest BCUT2D eigenvalue weighted by Crippen LogP contribution is -2.23. The maximum absolute atomic E-state index is 11.8. The molecule has 7 heteroatoms. The molecule has 134 valence electrons. The van der Waals surface area contributed by atoms with E-state index in [-0.39, 0.29) is 5.56 Å². The van der Waals surface area contributed by atoms with Crippen molar-refractivity contribution in [3.8, 4) is 11.4 Å². The maximum Gasteiger partial charge on any atom is 0.251 e. The Morgan fingerprint density at radius 1 is 1.31 bits per heavy atom. The number of pyridine rings is 1. The van der Waals surface area contributed by atoms with E-state index in [0.717, 1.165) is 42.9 Å². The average Bonchev–Trinajstić information content (AvgIpc) is 3.30. The molecule has 7 nitrogen and oxygen atoms in total. The fourth-order valence-electron chi connectivity index (χ4n) is 3.52. The molecule has 1 fully saturated rings. The van der Waals surface area contributed by atoms with Gasteiger partial charge in [0.2, 0.25) is 0 Å². The minimum atomic E-state index is -0.132. The Hall–Kier alpha value is -2.96. The standard InChI is InChI=1S/C19H22N6O/c1-3-15-9-18(26)23-19(22-15)13-6-7-17(20-10-13)25-8-4-5-16(25)14-11-21-24(2)12-14/h6-7,9-12,16H,3-5,8H2,1-2H3,(H,22,23,26). The van der Waals surface area contributed by atoms with Crippen molar-refractivity contribution >= 4 is 5.82 Å². The molecule has 1 saturated heterocycles. The van der Waals surface area contributed by atoms with Gasteiger partial charge in [0.1, 0.15) is 11.6 Å². The molecule has 1 unspecified atom stereocenters. The van der Waals surface area contributed by atoms with Crippen LogP contribution in [0, 0.1) is 0 Å². The first-order chi connectivity index (χ1) is 12.6. The first-order valence-electron chi connectivity index (χ1n) is 8.96. The first-order valence-corrected chi connectivity index (χ1v) is 8.96. The van der Waals surface area contributed by atoms with Gasteiger partial charge in [0.15, 0.2) is 0 Å². The average molecular weight is 350 g/mol. The van der Waals surface area contributed by atoms with E-state index in [0.29, 0.717) is 11.9 Å². The van der Waals surface area contributed by atoms with Crippen molar-refractivity contribution < 1.29 is 0 Å². The number of H-pyrrole nitrogens is 1. The quantitative estimate of drug-likeness (QED) is 0.782.